The molecule has 0 radical (unpaired) electrons. The molecule has 0 aromatic heterocycles. The molecule has 0 unspecified atom stereocenters. The molecule has 0 saturated carbocycles. The van der Waals surface area contributed by atoms with Gasteiger partial charge in [-0.25, -0.2) is 17.6 Å². The number of amides is 2. The standard InChI is InChI=1S/C21H23FN2O6S/c1-14(25)23-19(13-15-7-5-6-10-17(15)22)20(26)24-18(21(27)28)11-12-31(29,30)16-8-3-2-4-9-16/h2-10,18-19H,11-13H2,1H3,(H,23,25)(H,24,26)(H,27,28)/t18-,19-/m0/s1. The Bertz CT molecular complexity index is 1040. The normalized spacial score (nSPS) is 13.1. The number of hydrogen-bond acceptors (Lipinski definition) is 5. The van der Waals surface area contributed by atoms with Crippen LogP contribution in [0.15, 0.2) is 59.5 Å². The molecule has 0 spiro atoms. The van der Waals surface area contributed by atoms with Crippen LogP contribution in [0.1, 0.15) is 18.9 Å². The maximum absolute atomic E-state index is 13.9. The summed E-state index contributed by atoms with van der Waals surface area (Å²) >= 11 is 0. The highest BCUT2D eigenvalue weighted by Crippen LogP contribution is 2.13. The van der Waals surface area contributed by atoms with Gasteiger partial charge in [0, 0.05) is 13.3 Å². The van der Waals surface area contributed by atoms with E-state index in [-0.39, 0.29) is 23.3 Å². The third kappa shape index (κ3) is 7.18. The number of benzene rings is 2. The van der Waals surface area contributed by atoms with Crippen molar-refractivity contribution in [2.24, 2.45) is 0 Å². The van der Waals surface area contributed by atoms with Crippen LogP contribution in [0, 0.1) is 5.82 Å². The summed E-state index contributed by atoms with van der Waals surface area (Å²) in [6.07, 6.45) is -0.586. The monoisotopic (exact) mass is 450 g/mol. The maximum Gasteiger partial charge on any atom is 0.326 e. The van der Waals surface area contributed by atoms with Crippen LogP contribution in [-0.2, 0) is 30.6 Å². The van der Waals surface area contributed by atoms with E-state index >= 15 is 0 Å². The molecule has 3 N–H and O–H groups in total. The molecule has 31 heavy (non-hydrogen) atoms. The number of carbonyl (C=O) groups is 3. The molecule has 2 atom stereocenters. The predicted octanol–water partition coefficient (Wildman–Crippen LogP) is 1.31. The van der Waals surface area contributed by atoms with Crippen LogP contribution in [0.5, 0.6) is 0 Å². The van der Waals surface area contributed by atoms with Crippen LogP contribution in [0.3, 0.4) is 0 Å². The van der Waals surface area contributed by atoms with Gasteiger partial charge in [0.1, 0.15) is 17.9 Å². The Labute approximate surface area is 179 Å². The van der Waals surface area contributed by atoms with Crippen molar-refractivity contribution < 1.29 is 32.3 Å². The predicted molar refractivity (Wildman–Crippen MR) is 110 cm³/mol. The van der Waals surface area contributed by atoms with E-state index in [1.54, 1.807) is 24.3 Å². The van der Waals surface area contributed by atoms with Gasteiger partial charge in [-0.1, -0.05) is 36.4 Å². The van der Waals surface area contributed by atoms with Crippen LogP contribution >= 0.6 is 0 Å². The van der Waals surface area contributed by atoms with Crippen molar-refractivity contribution in [2.45, 2.75) is 36.7 Å². The minimum absolute atomic E-state index is 0.0427. The topological polar surface area (TPSA) is 130 Å². The van der Waals surface area contributed by atoms with Gasteiger partial charge < -0.3 is 15.7 Å². The Morgan fingerprint density at radius 1 is 0.968 bits per heavy atom. The van der Waals surface area contributed by atoms with E-state index in [9.17, 15) is 32.3 Å². The highest BCUT2D eigenvalue weighted by molar-refractivity contribution is 7.91. The van der Waals surface area contributed by atoms with Crippen molar-refractivity contribution in [1.82, 2.24) is 10.6 Å². The molecule has 2 amide bonds. The van der Waals surface area contributed by atoms with E-state index in [1.165, 1.54) is 37.3 Å². The zero-order chi connectivity index (χ0) is 23.0. The molecule has 8 nitrogen and oxygen atoms in total. The van der Waals surface area contributed by atoms with E-state index in [0.29, 0.717) is 0 Å². The second-order valence-electron chi connectivity index (χ2n) is 6.87. The Morgan fingerprint density at radius 2 is 1.58 bits per heavy atom. The molecule has 166 valence electrons. The quantitative estimate of drug-likeness (QED) is 0.500. The first kappa shape index (κ1) is 24.0. The number of carboxylic acids is 1. The molecular weight excluding hydrogens is 427 g/mol. The fraction of sp³-hybridized carbons (Fsp3) is 0.286. The van der Waals surface area contributed by atoms with Crippen molar-refractivity contribution in [3.63, 3.8) is 0 Å². The highest BCUT2D eigenvalue weighted by Gasteiger charge is 2.28. The molecular formula is C21H23FN2O6S. The third-order valence-electron chi connectivity index (χ3n) is 4.47. The van der Waals surface area contributed by atoms with E-state index in [1.807, 2.05) is 0 Å². The van der Waals surface area contributed by atoms with Crippen molar-refractivity contribution in [3.05, 3.63) is 66.0 Å². The number of nitrogens with one attached hydrogen (secondary N) is 2. The van der Waals surface area contributed by atoms with Gasteiger partial charge in [0.25, 0.3) is 0 Å². The van der Waals surface area contributed by atoms with E-state index < -0.39 is 51.3 Å². The molecule has 0 bridgehead atoms. The number of sulfone groups is 1. The molecule has 10 heteroatoms. The molecule has 0 aliphatic heterocycles. The lowest BCUT2D eigenvalue weighted by Gasteiger charge is -2.21. The smallest absolute Gasteiger partial charge is 0.326 e. The van der Waals surface area contributed by atoms with Crippen molar-refractivity contribution in [1.29, 1.82) is 0 Å². The number of hydrogen-bond donors (Lipinski definition) is 3. The minimum atomic E-state index is -3.75. The lowest BCUT2D eigenvalue weighted by Crippen LogP contribution is -2.52. The number of carboxylic acid groups (broad SMARTS) is 1. The van der Waals surface area contributed by atoms with Crippen molar-refractivity contribution in [2.75, 3.05) is 5.75 Å². The van der Waals surface area contributed by atoms with Gasteiger partial charge in [-0.3, -0.25) is 9.59 Å². The molecule has 2 rings (SSSR count). The van der Waals surface area contributed by atoms with Crippen LogP contribution in [-0.4, -0.2) is 49.1 Å². The fourth-order valence-corrected chi connectivity index (χ4v) is 4.24. The number of rotatable bonds is 10. The minimum Gasteiger partial charge on any atom is -0.480 e. The van der Waals surface area contributed by atoms with Crippen molar-refractivity contribution in [3.8, 4) is 0 Å². The summed E-state index contributed by atoms with van der Waals surface area (Å²) in [7, 11) is -3.75. The summed E-state index contributed by atoms with van der Waals surface area (Å²) in [4.78, 5) is 35.8. The second-order valence-corrected chi connectivity index (χ2v) is 8.98. The molecule has 0 heterocycles. The second kappa shape index (κ2) is 10.7. The number of halogens is 1. The molecule has 2 aromatic carbocycles. The highest BCUT2D eigenvalue weighted by atomic mass is 32.2. The maximum atomic E-state index is 13.9. The fourth-order valence-electron chi connectivity index (χ4n) is 2.89. The summed E-state index contributed by atoms with van der Waals surface area (Å²) in [6.45, 7) is 1.17. The molecule has 0 fully saturated rings. The summed E-state index contributed by atoms with van der Waals surface area (Å²) in [5, 5.41) is 14.0. The lowest BCUT2D eigenvalue weighted by molar-refractivity contribution is -0.142. The molecule has 0 saturated heterocycles. The van der Waals surface area contributed by atoms with Crippen LogP contribution < -0.4 is 10.6 Å². The van der Waals surface area contributed by atoms with Crippen LogP contribution in [0.4, 0.5) is 4.39 Å². The van der Waals surface area contributed by atoms with E-state index in [0.717, 1.165) is 0 Å². The molecule has 0 aliphatic rings. The average molecular weight is 450 g/mol. The summed E-state index contributed by atoms with van der Waals surface area (Å²) in [5.41, 5.74) is 0.162. The van der Waals surface area contributed by atoms with Gasteiger partial charge in [-0.2, -0.15) is 0 Å². The summed E-state index contributed by atoms with van der Waals surface area (Å²) < 4.78 is 38.7. The lowest BCUT2D eigenvalue weighted by atomic mass is 10.0. The van der Waals surface area contributed by atoms with Gasteiger partial charge in [0.2, 0.25) is 11.8 Å². The Kier molecular flexibility index (Phi) is 8.26. The Morgan fingerprint density at radius 3 is 2.16 bits per heavy atom. The number of carbonyl (C=O) groups excluding carboxylic acids is 2. The zero-order valence-corrected chi connectivity index (χ0v) is 17.6. The SMILES string of the molecule is CC(=O)N[C@@H](Cc1ccccc1F)C(=O)N[C@@H](CCS(=O)(=O)c1ccccc1)C(=O)O. The Balaban J connectivity index is 2.11. The first-order chi connectivity index (χ1) is 14.6. The van der Waals surface area contributed by atoms with Gasteiger partial charge >= 0.3 is 5.97 Å². The van der Waals surface area contributed by atoms with Crippen LogP contribution in [0.25, 0.3) is 0 Å². The van der Waals surface area contributed by atoms with Crippen LogP contribution in [0.2, 0.25) is 0 Å². The third-order valence-corrected chi connectivity index (χ3v) is 6.23. The molecule has 0 aliphatic carbocycles. The summed E-state index contributed by atoms with van der Waals surface area (Å²) in [6, 6.07) is 10.5. The van der Waals surface area contributed by atoms with E-state index in [2.05, 4.69) is 10.6 Å². The Hall–Kier alpha value is -3.27. The zero-order valence-electron chi connectivity index (χ0n) is 16.7. The summed E-state index contributed by atoms with van der Waals surface area (Å²) in [5.74, 6) is -3.93. The van der Waals surface area contributed by atoms with Gasteiger partial charge in [-0.05, 0) is 30.2 Å². The van der Waals surface area contributed by atoms with E-state index in [4.69, 9.17) is 0 Å². The number of aliphatic carboxylic acids is 1. The molecule has 2 aromatic rings. The largest absolute Gasteiger partial charge is 0.480 e. The first-order valence-corrected chi connectivity index (χ1v) is 11.1. The first-order valence-electron chi connectivity index (χ1n) is 9.41. The van der Waals surface area contributed by atoms with Crippen molar-refractivity contribution >= 4 is 27.6 Å². The van der Waals surface area contributed by atoms with Gasteiger partial charge in [0.15, 0.2) is 9.84 Å². The van der Waals surface area contributed by atoms with Gasteiger partial charge in [-0.15, -0.1) is 0 Å². The van der Waals surface area contributed by atoms with Gasteiger partial charge in [0.05, 0.1) is 10.6 Å². The average Bonchev–Trinajstić information content (AvgIpc) is 2.72.